The number of likely N-dealkylation sites (N-methyl/N-ethyl adjacent to an activating group) is 1. The van der Waals surface area contributed by atoms with Crippen LogP contribution in [0.1, 0.15) is 18.0 Å². The van der Waals surface area contributed by atoms with Gasteiger partial charge in [-0.3, -0.25) is 14.6 Å². The molecule has 0 spiro atoms. The van der Waals surface area contributed by atoms with Crippen molar-refractivity contribution in [3.05, 3.63) is 22.1 Å². The molecule has 0 unspecified atom stereocenters. The van der Waals surface area contributed by atoms with Crippen LogP contribution >= 0.6 is 0 Å². The summed E-state index contributed by atoms with van der Waals surface area (Å²) in [7, 11) is 3.71. The molecule has 0 aliphatic carbocycles. The minimum Gasteiger partial charge on any atom is -0.383 e. The fourth-order valence-electron chi connectivity index (χ4n) is 3.23. The van der Waals surface area contributed by atoms with Gasteiger partial charge in [-0.15, -0.1) is 0 Å². The van der Waals surface area contributed by atoms with Crippen LogP contribution in [0.5, 0.6) is 0 Å². The summed E-state index contributed by atoms with van der Waals surface area (Å²) >= 11 is 0. The van der Waals surface area contributed by atoms with E-state index in [0.29, 0.717) is 37.8 Å². The van der Waals surface area contributed by atoms with Crippen molar-refractivity contribution in [2.24, 2.45) is 0 Å². The Labute approximate surface area is 141 Å². The number of carbonyl (C=O) groups is 1. The quantitative estimate of drug-likeness (QED) is 0.780. The van der Waals surface area contributed by atoms with Crippen molar-refractivity contribution in [3.63, 3.8) is 0 Å². The summed E-state index contributed by atoms with van der Waals surface area (Å²) in [6, 6.07) is 1.53. The molecule has 1 aromatic rings. The monoisotopic (exact) mass is 335 g/mol. The Balaban J connectivity index is 1.74. The Morgan fingerprint density at radius 3 is 2.75 bits per heavy atom. The first-order valence-corrected chi connectivity index (χ1v) is 8.38. The van der Waals surface area contributed by atoms with Crippen molar-refractivity contribution >= 4 is 11.9 Å². The SMILES string of the molecule is COCCN1C[C@H](c2cc(=O)[nH]c(N3CCN(C)CC3)n2)CC1=O. The number of nitrogens with zero attached hydrogens (tertiary/aromatic N) is 4. The highest BCUT2D eigenvalue weighted by Gasteiger charge is 2.32. The number of rotatable bonds is 5. The van der Waals surface area contributed by atoms with Crippen LogP contribution in [0.25, 0.3) is 0 Å². The van der Waals surface area contributed by atoms with Crippen molar-refractivity contribution in [2.45, 2.75) is 12.3 Å². The molecule has 0 aromatic carbocycles. The first-order valence-electron chi connectivity index (χ1n) is 8.38. The number of piperazine rings is 1. The van der Waals surface area contributed by atoms with E-state index in [4.69, 9.17) is 4.74 Å². The van der Waals surface area contributed by atoms with Crippen LogP contribution < -0.4 is 10.5 Å². The molecule has 2 saturated heterocycles. The van der Waals surface area contributed by atoms with Crippen LogP contribution in [-0.2, 0) is 9.53 Å². The molecular weight excluding hydrogens is 310 g/mol. The average molecular weight is 335 g/mol. The fraction of sp³-hybridized carbons (Fsp3) is 0.688. The van der Waals surface area contributed by atoms with E-state index in [-0.39, 0.29) is 17.4 Å². The summed E-state index contributed by atoms with van der Waals surface area (Å²) in [5.41, 5.74) is 0.553. The second-order valence-electron chi connectivity index (χ2n) is 6.52. The molecule has 1 amide bonds. The number of anilines is 1. The highest BCUT2D eigenvalue weighted by atomic mass is 16.5. The molecular formula is C16H25N5O3. The lowest BCUT2D eigenvalue weighted by Gasteiger charge is -2.32. The lowest BCUT2D eigenvalue weighted by molar-refractivity contribution is -0.128. The number of aromatic nitrogens is 2. The van der Waals surface area contributed by atoms with Gasteiger partial charge >= 0.3 is 0 Å². The lowest BCUT2D eigenvalue weighted by Crippen LogP contribution is -2.45. The number of carbonyl (C=O) groups excluding carboxylic acids is 1. The molecule has 2 fully saturated rings. The summed E-state index contributed by atoms with van der Waals surface area (Å²) in [4.78, 5) is 37.8. The Hall–Kier alpha value is -1.93. The van der Waals surface area contributed by atoms with E-state index < -0.39 is 0 Å². The number of hydrogen-bond acceptors (Lipinski definition) is 6. The van der Waals surface area contributed by atoms with Gasteiger partial charge in [0.15, 0.2) is 0 Å². The summed E-state index contributed by atoms with van der Waals surface area (Å²) in [6.45, 7) is 5.27. The third-order valence-corrected chi connectivity index (χ3v) is 4.75. The second-order valence-corrected chi connectivity index (χ2v) is 6.52. The zero-order valence-electron chi connectivity index (χ0n) is 14.3. The van der Waals surface area contributed by atoms with Gasteiger partial charge in [0.05, 0.1) is 12.3 Å². The van der Waals surface area contributed by atoms with E-state index in [1.165, 1.54) is 6.07 Å². The fourth-order valence-corrected chi connectivity index (χ4v) is 3.23. The van der Waals surface area contributed by atoms with E-state index >= 15 is 0 Å². The minimum atomic E-state index is -0.156. The number of aromatic amines is 1. The van der Waals surface area contributed by atoms with Crippen LogP contribution in [0.2, 0.25) is 0 Å². The first kappa shape index (κ1) is 16.9. The third-order valence-electron chi connectivity index (χ3n) is 4.75. The van der Waals surface area contributed by atoms with Gasteiger partial charge in [-0.25, -0.2) is 4.98 Å². The van der Waals surface area contributed by atoms with E-state index in [1.807, 2.05) is 0 Å². The molecule has 8 nitrogen and oxygen atoms in total. The molecule has 3 rings (SSSR count). The molecule has 1 aromatic heterocycles. The van der Waals surface area contributed by atoms with E-state index in [2.05, 4.69) is 26.8 Å². The number of ether oxygens (including phenoxy) is 1. The summed E-state index contributed by atoms with van der Waals surface area (Å²) in [6.07, 6.45) is 0.405. The zero-order chi connectivity index (χ0) is 17.1. The summed E-state index contributed by atoms with van der Waals surface area (Å²) < 4.78 is 5.04. The molecule has 0 bridgehead atoms. The van der Waals surface area contributed by atoms with Gasteiger partial charge in [0.1, 0.15) is 0 Å². The van der Waals surface area contributed by atoms with Crippen LogP contribution in [0.3, 0.4) is 0 Å². The molecule has 8 heteroatoms. The number of likely N-dealkylation sites (tertiary alicyclic amines) is 1. The van der Waals surface area contributed by atoms with E-state index in [1.54, 1.807) is 12.0 Å². The summed E-state index contributed by atoms with van der Waals surface area (Å²) in [5.74, 6) is 0.691. The van der Waals surface area contributed by atoms with Gasteiger partial charge in [0.25, 0.3) is 5.56 Å². The number of amides is 1. The number of H-pyrrole nitrogens is 1. The van der Waals surface area contributed by atoms with Gasteiger partial charge in [-0.1, -0.05) is 0 Å². The third kappa shape index (κ3) is 3.76. The Morgan fingerprint density at radius 2 is 2.04 bits per heavy atom. The number of nitrogens with one attached hydrogen (secondary N) is 1. The smallest absolute Gasteiger partial charge is 0.252 e. The van der Waals surface area contributed by atoms with E-state index in [0.717, 1.165) is 26.2 Å². The maximum Gasteiger partial charge on any atom is 0.252 e. The van der Waals surface area contributed by atoms with E-state index in [9.17, 15) is 9.59 Å². The Bertz CT molecular complexity index is 639. The Kier molecular flexibility index (Phi) is 5.15. The van der Waals surface area contributed by atoms with Crippen molar-refractivity contribution in [1.82, 2.24) is 19.8 Å². The molecule has 1 atom stereocenters. The van der Waals surface area contributed by atoms with Crippen LogP contribution in [-0.4, -0.2) is 85.7 Å². The maximum absolute atomic E-state index is 12.1. The largest absolute Gasteiger partial charge is 0.383 e. The zero-order valence-corrected chi connectivity index (χ0v) is 14.3. The molecule has 1 N–H and O–H groups in total. The average Bonchev–Trinajstić information content (AvgIpc) is 2.94. The van der Waals surface area contributed by atoms with Gasteiger partial charge in [0, 0.05) is 64.8 Å². The maximum atomic E-state index is 12.1. The van der Waals surface area contributed by atoms with Crippen molar-refractivity contribution in [1.29, 1.82) is 0 Å². The highest BCUT2D eigenvalue weighted by Crippen LogP contribution is 2.26. The minimum absolute atomic E-state index is 0.0251. The standard InChI is InChI=1S/C16H25N5O3/c1-19-3-5-20(6-4-19)16-17-13(10-14(22)18-16)12-9-15(23)21(11-12)7-8-24-2/h10,12H,3-9,11H2,1-2H3,(H,17,18,22)/t12-/m1/s1. The molecule has 0 saturated carbocycles. The van der Waals surface area contributed by atoms with Crippen LogP contribution in [0, 0.1) is 0 Å². The Morgan fingerprint density at radius 1 is 1.29 bits per heavy atom. The lowest BCUT2D eigenvalue weighted by atomic mass is 10.0. The van der Waals surface area contributed by atoms with Gasteiger partial charge in [0.2, 0.25) is 11.9 Å². The molecule has 0 radical (unpaired) electrons. The molecule has 2 aliphatic heterocycles. The molecule has 3 heterocycles. The predicted molar refractivity (Wildman–Crippen MR) is 90.4 cm³/mol. The van der Waals surface area contributed by atoms with Crippen LogP contribution in [0.4, 0.5) is 5.95 Å². The van der Waals surface area contributed by atoms with Gasteiger partial charge < -0.3 is 19.4 Å². The van der Waals surface area contributed by atoms with Crippen molar-refractivity contribution < 1.29 is 9.53 Å². The van der Waals surface area contributed by atoms with Gasteiger partial charge in [-0.2, -0.15) is 0 Å². The topological polar surface area (TPSA) is 81.8 Å². The molecule has 24 heavy (non-hydrogen) atoms. The first-order chi connectivity index (χ1) is 11.6. The normalized spacial score (nSPS) is 22.4. The predicted octanol–water partition coefficient (Wildman–Crippen LogP) is -0.516. The molecule has 2 aliphatic rings. The number of hydrogen-bond donors (Lipinski definition) is 1. The van der Waals surface area contributed by atoms with Crippen molar-refractivity contribution in [3.8, 4) is 0 Å². The second kappa shape index (κ2) is 7.31. The highest BCUT2D eigenvalue weighted by molar-refractivity contribution is 5.79. The molecule has 132 valence electrons. The van der Waals surface area contributed by atoms with Crippen LogP contribution in [0.15, 0.2) is 10.9 Å². The number of methoxy groups -OCH3 is 1. The van der Waals surface area contributed by atoms with Crippen molar-refractivity contribution in [2.75, 3.05) is 64.9 Å². The summed E-state index contributed by atoms with van der Waals surface area (Å²) in [5, 5.41) is 0. The van der Waals surface area contributed by atoms with Gasteiger partial charge in [-0.05, 0) is 7.05 Å².